The van der Waals surface area contributed by atoms with Gasteiger partial charge in [0, 0.05) is 13.1 Å². The molecule has 5 heteroatoms. The molecule has 1 heterocycles. The minimum absolute atomic E-state index is 0.311. The normalized spacial score (nSPS) is 21.9. The minimum Gasteiger partial charge on any atom is -0.273 e. The Morgan fingerprint density at radius 2 is 2.00 bits per heavy atom. The maximum Gasteiger partial charge on any atom is 0.265 e. The van der Waals surface area contributed by atoms with Gasteiger partial charge in [-0.15, -0.1) is 0 Å². The lowest BCUT2D eigenvalue weighted by molar-refractivity contribution is -0.00427. The van der Waals surface area contributed by atoms with E-state index in [0.717, 1.165) is 38.6 Å². The van der Waals surface area contributed by atoms with Crippen molar-refractivity contribution in [3.8, 4) is 0 Å². The van der Waals surface area contributed by atoms with E-state index in [1.54, 1.807) is 0 Å². The van der Waals surface area contributed by atoms with Crippen LogP contribution in [0.5, 0.6) is 0 Å². The van der Waals surface area contributed by atoms with E-state index in [-0.39, 0.29) is 6.23 Å². The molecule has 1 unspecified atom stereocenters. The Kier molecular flexibility index (Phi) is 4.37. The fraction of sp³-hybridized carbons (Fsp3) is 0.538. The monoisotopic (exact) mass is 269 g/mol. The van der Waals surface area contributed by atoms with Gasteiger partial charge in [-0.25, -0.2) is 0 Å². The van der Waals surface area contributed by atoms with Gasteiger partial charge in [-0.2, -0.15) is 8.42 Å². The maximum atomic E-state index is 11.2. The predicted octanol–water partition coefficient (Wildman–Crippen LogP) is 1.97. The fourth-order valence-electron chi connectivity index (χ4n) is 2.27. The molecule has 1 atom stereocenters. The molecule has 0 amide bonds. The van der Waals surface area contributed by atoms with Gasteiger partial charge in [-0.05, 0) is 24.8 Å². The molecule has 1 aromatic carbocycles. The molecule has 1 aromatic rings. The molecule has 0 saturated carbocycles. The van der Waals surface area contributed by atoms with Crippen molar-refractivity contribution < 1.29 is 12.6 Å². The van der Waals surface area contributed by atoms with Crippen LogP contribution in [-0.4, -0.2) is 32.3 Å². The molecule has 0 N–H and O–H groups in total. The van der Waals surface area contributed by atoms with E-state index in [2.05, 4.69) is 4.90 Å². The number of rotatable bonds is 4. The second-order valence-electron chi connectivity index (χ2n) is 4.71. The molecule has 1 fully saturated rings. The van der Waals surface area contributed by atoms with E-state index in [1.807, 2.05) is 30.3 Å². The molecule has 0 radical (unpaired) electrons. The van der Waals surface area contributed by atoms with Gasteiger partial charge >= 0.3 is 0 Å². The van der Waals surface area contributed by atoms with Gasteiger partial charge in [-0.1, -0.05) is 30.3 Å². The molecular formula is C13H19NO3S. The predicted molar refractivity (Wildman–Crippen MR) is 70.4 cm³/mol. The Balaban J connectivity index is 2.04. The first-order chi connectivity index (χ1) is 8.54. The van der Waals surface area contributed by atoms with Crippen LogP contribution >= 0.6 is 0 Å². The summed E-state index contributed by atoms with van der Waals surface area (Å²) in [4.78, 5) is 2.10. The average Bonchev–Trinajstić information content (AvgIpc) is 2.31. The topological polar surface area (TPSA) is 46.6 Å². The first-order valence-corrected chi connectivity index (χ1v) is 8.02. The molecule has 100 valence electrons. The van der Waals surface area contributed by atoms with Crippen molar-refractivity contribution in [2.75, 3.05) is 12.8 Å². The van der Waals surface area contributed by atoms with E-state index < -0.39 is 10.1 Å². The second kappa shape index (κ2) is 5.82. The highest BCUT2D eigenvalue weighted by Gasteiger charge is 2.26. The Hall–Kier alpha value is -0.910. The molecule has 0 bridgehead atoms. The van der Waals surface area contributed by atoms with Gasteiger partial charge in [-0.3, -0.25) is 9.08 Å². The van der Waals surface area contributed by atoms with Crippen molar-refractivity contribution in [3.05, 3.63) is 35.9 Å². The summed E-state index contributed by atoms with van der Waals surface area (Å²) >= 11 is 0. The third-order valence-electron chi connectivity index (χ3n) is 3.07. The van der Waals surface area contributed by atoms with Crippen molar-refractivity contribution in [3.63, 3.8) is 0 Å². The second-order valence-corrected chi connectivity index (χ2v) is 6.31. The molecule has 0 spiro atoms. The van der Waals surface area contributed by atoms with Crippen molar-refractivity contribution in [1.82, 2.24) is 4.90 Å². The molecule has 2 rings (SSSR count). The van der Waals surface area contributed by atoms with E-state index in [9.17, 15) is 8.42 Å². The van der Waals surface area contributed by atoms with Crippen LogP contribution in [0.15, 0.2) is 30.3 Å². The van der Waals surface area contributed by atoms with Crippen LogP contribution < -0.4 is 0 Å². The van der Waals surface area contributed by atoms with Gasteiger partial charge in [0.15, 0.2) is 0 Å². The number of likely N-dealkylation sites (tertiary alicyclic amines) is 1. The zero-order chi connectivity index (χ0) is 13.0. The van der Waals surface area contributed by atoms with Gasteiger partial charge in [0.25, 0.3) is 10.1 Å². The first kappa shape index (κ1) is 13.5. The molecular weight excluding hydrogens is 250 g/mol. The summed E-state index contributed by atoms with van der Waals surface area (Å²) in [6.45, 7) is 1.62. The smallest absolute Gasteiger partial charge is 0.265 e. The Morgan fingerprint density at radius 3 is 2.67 bits per heavy atom. The van der Waals surface area contributed by atoms with Crippen LogP contribution in [0.1, 0.15) is 24.8 Å². The zero-order valence-corrected chi connectivity index (χ0v) is 11.4. The molecule has 1 aliphatic heterocycles. The van der Waals surface area contributed by atoms with Gasteiger partial charge < -0.3 is 0 Å². The average molecular weight is 269 g/mol. The molecule has 1 saturated heterocycles. The van der Waals surface area contributed by atoms with Crippen LogP contribution in [0, 0.1) is 0 Å². The van der Waals surface area contributed by atoms with Crippen molar-refractivity contribution in [2.24, 2.45) is 0 Å². The molecule has 0 aliphatic carbocycles. The summed E-state index contributed by atoms with van der Waals surface area (Å²) in [5, 5.41) is 0. The van der Waals surface area contributed by atoms with Crippen LogP contribution in [0.2, 0.25) is 0 Å². The largest absolute Gasteiger partial charge is 0.273 e. The number of hydrogen-bond acceptors (Lipinski definition) is 4. The number of piperidine rings is 1. The summed E-state index contributed by atoms with van der Waals surface area (Å²) < 4.78 is 27.7. The number of nitrogens with zero attached hydrogens (tertiary/aromatic N) is 1. The maximum absolute atomic E-state index is 11.2. The Bertz CT molecular complexity index is 472. The Labute approximate surface area is 109 Å². The summed E-state index contributed by atoms with van der Waals surface area (Å²) in [6.07, 6.45) is 3.69. The lowest BCUT2D eigenvalue weighted by atomic mass is 10.1. The Morgan fingerprint density at radius 1 is 1.28 bits per heavy atom. The lowest BCUT2D eigenvalue weighted by Crippen LogP contribution is -2.41. The van der Waals surface area contributed by atoms with Crippen molar-refractivity contribution >= 4 is 10.1 Å². The number of benzene rings is 1. The van der Waals surface area contributed by atoms with Crippen molar-refractivity contribution in [2.45, 2.75) is 32.0 Å². The van der Waals surface area contributed by atoms with Gasteiger partial charge in [0.05, 0.1) is 6.26 Å². The molecule has 18 heavy (non-hydrogen) atoms. The van der Waals surface area contributed by atoms with Crippen molar-refractivity contribution in [1.29, 1.82) is 0 Å². The highest BCUT2D eigenvalue weighted by molar-refractivity contribution is 7.86. The zero-order valence-electron chi connectivity index (χ0n) is 10.6. The van der Waals surface area contributed by atoms with E-state index in [0.29, 0.717) is 0 Å². The van der Waals surface area contributed by atoms with E-state index in [1.165, 1.54) is 5.56 Å². The fourth-order valence-corrected chi connectivity index (χ4v) is 2.89. The standard InChI is InChI=1S/C13H19NO3S/c1-18(15,16)17-13-9-5-6-10-14(13)11-12-7-3-2-4-8-12/h2-4,7-8,13H,5-6,9-11H2,1H3. The van der Waals surface area contributed by atoms with Gasteiger partial charge in [0.2, 0.25) is 0 Å². The summed E-state index contributed by atoms with van der Waals surface area (Å²) in [7, 11) is -3.39. The SMILES string of the molecule is CS(=O)(=O)OC1CCCCN1Cc1ccccc1. The lowest BCUT2D eigenvalue weighted by Gasteiger charge is -2.34. The van der Waals surface area contributed by atoms with Crippen LogP contribution in [0.4, 0.5) is 0 Å². The van der Waals surface area contributed by atoms with E-state index >= 15 is 0 Å². The third kappa shape index (κ3) is 4.08. The number of hydrogen-bond donors (Lipinski definition) is 0. The quantitative estimate of drug-likeness (QED) is 0.784. The summed E-state index contributed by atoms with van der Waals surface area (Å²) in [5.41, 5.74) is 1.18. The highest BCUT2D eigenvalue weighted by atomic mass is 32.2. The highest BCUT2D eigenvalue weighted by Crippen LogP contribution is 2.21. The van der Waals surface area contributed by atoms with Crippen LogP contribution in [-0.2, 0) is 20.8 Å². The molecule has 1 aliphatic rings. The first-order valence-electron chi connectivity index (χ1n) is 6.21. The minimum atomic E-state index is -3.39. The summed E-state index contributed by atoms with van der Waals surface area (Å²) in [5.74, 6) is 0. The van der Waals surface area contributed by atoms with E-state index in [4.69, 9.17) is 4.18 Å². The van der Waals surface area contributed by atoms with Gasteiger partial charge in [0.1, 0.15) is 6.23 Å². The summed E-state index contributed by atoms with van der Waals surface area (Å²) in [6, 6.07) is 10.1. The molecule has 4 nitrogen and oxygen atoms in total. The van der Waals surface area contributed by atoms with Crippen LogP contribution in [0.3, 0.4) is 0 Å². The molecule has 0 aromatic heterocycles. The van der Waals surface area contributed by atoms with Crippen LogP contribution in [0.25, 0.3) is 0 Å². The third-order valence-corrected chi connectivity index (χ3v) is 3.64.